The van der Waals surface area contributed by atoms with E-state index in [0.717, 1.165) is 36.9 Å². The van der Waals surface area contributed by atoms with Crippen LogP contribution < -0.4 is 10.2 Å². The molecule has 1 fully saturated rings. The number of carbonyl (C=O) groups excluding carboxylic acids is 2. The lowest BCUT2D eigenvalue weighted by Gasteiger charge is -2.38. The van der Waals surface area contributed by atoms with Gasteiger partial charge in [-0.25, -0.2) is 4.39 Å². The molecule has 1 saturated heterocycles. The molecule has 2 heterocycles. The quantitative estimate of drug-likeness (QED) is 0.910. The van der Waals surface area contributed by atoms with E-state index in [1.807, 2.05) is 6.92 Å². The summed E-state index contributed by atoms with van der Waals surface area (Å²) < 4.78 is 13.5. The molecule has 2 atom stereocenters. The summed E-state index contributed by atoms with van der Waals surface area (Å²) in [6.45, 7) is 4.57. The average molecular weight is 347 g/mol. The molecule has 2 aliphatic heterocycles. The zero-order valence-corrected chi connectivity index (χ0v) is 14.9. The fourth-order valence-corrected chi connectivity index (χ4v) is 3.78. The molecule has 1 aromatic carbocycles. The van der Waals surface area contributed by atoms with Crippen molar-refractivity contribution in [1.82, 2.24) is 10.2 Å². The molecule has 0 radical (unpaired) electrons. The summed E-state index contributed by atoms with van der Waals surface area (Å²) in [4.78, 5) is 28.5. The molecule has 0 aromatic heterocycles. The Kier molecular flexibility index (Phi) is 5.37. The molecule has 0 bridgehead atoms. The van der Waals surface area contributed by atoms with E-state index in [4.69, 9.17) is 0 Å². The van der Waals surface area contributed by atoms with Gasteiger partial charge in [-0.3, -0.25) is 14.9 Å². The number of nitrogens with zero attached hydrogens (tertiary/aromatic N) is 2. The van der Waals surface area contributed by atoms with Crippen LogP contribution in [0.25, 0.3) is 0 Å². The number of hydrogen-bond donors (Lipinski definition) is 1. The van der Waals surface area contributed by atoms with Gasteiger partial charge in [0.15, 0.2) is 0 Å². The Morgan fingerprint density at radius 1 is 1.40 bits per heavy atom. The van der Waals surface area contributed by atoms with Crippen LogP contribution in [0, 0.1) is 5.82 Å². The SMILES string of the molecule is CCCC1CC(=O)N(CC(=O)N2c3ccc(F)cc3CCC2C)CN1. The molecule has 5 nitrogen and oxygen atoms in total. The van der Waals surface area contributed by atoms with Crippen LogP contribution in [0.15, 0.2) is 18.2 Å². The lowest BCUT2D eigenvalue weighted by Crippen LogP contribution is -2.55. The van der Waals surface area contributed by atoms with Gasteiger partial charge in [0.05, 0.1) is 6.67 Å². The zero-order chi connectivity index (χ0) is 18.0. The smallest absolute Gasteiger partial charge is 0.246 e. The molecule has 0 aliphatic carbocycles. The molecule has 2 aliphatic rings. The van der Waals surface area contributed by atoms with E-state index in [1.54, 1.807) is 15.9 Å². The highest BCUT2D eigenvalue weighted by Gasteiger charge is 2.32. The molecule has 6 heteroatoms. The van der Waals surface area contributed by atoms with Gasteiger partial charge in [-0.15, -0.1) is 0 Å². The van der Waals surface area contributed by atoms with Crippen LogP contribution in [0.1, 0.15) is 45.1 Å². The van der Waals surface area contributed by atoms with E-state index < -0.39 is 0 Å². The molecule has 136 valence electrons. The zero-order valence-electron chi connectivity index (χ0n) is 14.9. The van der Waals surface area contributed by atoms with Gasteiger partial charge in [0.2, 0.25) is 11.8 Å². The monoisotopic (exact) mass is 347 g/mol. The van der Waals surface area contributed by atoms with Crippen molar-refractivity contribution in [1.29, 1.82) is 0 Å². The van der Waals surface area contributed by atoms with Crippen molar-refractivity contribution in [3.8, 4) is 0 Å². The van der Waals surface area contributed by atoms with Gasteiger partial charge in [-0.1, -0.05) is 13.3 Å². The summed E-state index contributed by atoms with van der Waals surface area (Å²) in [5, 5.41) is 3.33. The maximum Gasteiger partial charge on any atom is 0.246 e. The van der Waals surface area contributed by atoms with Gasteiger partial charge in [0, 0.05) is 24.2 Å². The molecule has 1 aromatic rings. The van der Waals surface area contributed by atoms with Crippen LogP contribution in [-0.2, 0) is 16.0 Å². The number of anilines is 1. The number of amides is 2. The molecule has 2 amide bonds. The summed E-state index contributed by atoms with van der Waals surface area (Å²) in [7, 11) is 0. The van der Waals surface area contributed by atoms with Crippen LogP contribution in [0.2, 0.25) is 0 Å². The summed E-state index contributed by atoms with van der Waals surface area (Å²) in [6.07, 6.45) is 4.00. The Morgan fingerprint density at radius 2 is 2.20 bits per heavy atom. The van der Waals surface area contributed by atoms with E-state index in [0.29, 0.717) is 13.1 Å². The average Bonchev–Trinajstić information content (AvgIpc) is 2.57. The maximum absolute atomic E-state index is 13.5. The second-order valence-corrected chi connectivity index (χ2v) is 7.07. The third-order valence-corrected chi connectivity index (χ3v) is 5.15. The molecule has 3 rings (SSSR count). The first-order valence-corrected chi connectivity index (χ1v) is 9.11. The van der Waals surface area contributed by atoms with Gasteiger partial charge >= 0.3 is 0 Å². The highest BCUT2D eigenvalue weighted by molar-refractivity contribution is 5.98. The van der Waals surface area contributed by atoms with Crippen LogP contribution in [-0.4, -0.2) is 42.0 Å². The van der Waals surface area contributed by atoms with Crippen molar-refractivity contribution in [3.63, 3.8) is 0 Å². The Labute approximate surface area is 148 Å². The Balaban J connectivity index is 1.70. The Bertz CT molecular complexity index is 664. The third-order valence-electron chi connectivity index (χ3n) is 5.15. The van der Waals surface area contributed by atoms with Gasteiger partial charge in [0.1, 0.15) is 12.4 Å². The standard InChI is InChI=1S/C19H26FN3O2/c1-3-4-16-10-18(24)22(12-21-16)11-19(25)23-13(2)5-6-14-9-15(20)7-8-17(14)23/h7-9,13,16,21H,3-6,10-12H2,1-2H3. The first-order chi connectivity index (χ1) is 12.0. The van der Waals surface area contributed by atoms with Gasteiger partial charge in [-0.2, -0.15) is 0 Å². The van der Waals surface area contributed by atoms with Crippen molar-refractivity contribution in [2.45, 2.75) is 58.0 Å². The fourth-order valence-electron chi connectivity index (χ4n) is 3.78. The van der Waals surface area contributed by atoms with E-state index in [2.05, 4.69) is 12.2 Å². The molecular formula is C19H26FN3O2. The van der Waals surface area contributed by atoms with E-state index >= 15 is 0 Å². The molecule has 0 spiro atoms. The van der Waals surface area contributed by atoms with Gasteiger partial charge < -0.3 is 9.80 Å². The van der Waals surface area contributed by atoms with Crippen molar-refractivity contribution < 1.29 is 14.0 Å². The second-order valence-electron chi connectivity index (χ2n) is 7.07. The first-order valence-electron chi connectivity index (χ1n) is 9.11. The van der Waals surface area contributed by atoms with Crippen LogP contribution in [0.3, 0.4) is 0 Å². The normalized spacial score (nSPS) is 23.6. The number of rotatable bonds is 4. The third kappa shape index (κ3) is 3.84. The van der Waals surface area contributed by atoms with Crippen molar-refractivity contribution in [2.75, 3.05) is 18.1 Å². The number of carbonyl (C=O) groups is 2. The van der Waals surface area contributed by atoms with E-state index in [9.17, 15) is 14.0 Å². The van der Waals surface area contributed by atoms with Crippen molar-refractivity contribution >= 4 is 17.5 Å². The van der Waals surface area contributed by atoms with Crippen LogP contribution in [0.5, 0.6) is 0 Å². The van der Waals surface area contributed by atoms with Crippen LogP contribution in [0.4, 0.5) is 10.1 Å². The number of fused-ring (bicyclic) bond motifs is 1. The van der Waals surface area contributed by atoms with Gasteiger partial charge in [0.25, 0.3) is 0 Å². The van der Waals surface area contributed by atoms with Crippen molar-refractivity contribution in [3.05, 3.63) is 29.6 Å². The fraction of sp³-hybridized carbons (Fsp3) is 0.579. The lowest BCUT2D eigenvalue weighted by molar-refractivity contribution is -0.138. The topological polar surface area (TPSA) is 52.7 Å². The first kappa shape index (κ1) is 17.9. The number of aryl methyl sites for hydroxylation is 1. The summed E-state index contributed by atoms with van der Waals surface area (Å²) in [5.74, 6) is -0.364. The number of hydrogen-bond acceptors (Lipinski definition) is 3. The number of halogens is 1. The minimum absolute atomic E-state index is 0.0227. The number of benzene rings is 1. The molecule has 2 unspecified atom stereocenters. The summed E-state index contributed by atoms with van der Waals surface area (Å²) >= 11 is 0. The molecular weight excluding hydrogens is 321 g/mol. The van der Waals surface area contributed by atoms with Crippen molar-refractivity contribution in [2.24, 2.45) is 0 Å². The largest absolute Gasteiger partial charge is 0.321 e. The lowest BCUT2D eigenvalue weighted by atomic mass is 9.96. The summed E-state index contributed by atoms with van der Waals surface area (Å²) in [6, 6.07) is 4.82. The van der Waals surface area contributed by atoms with Crippen LogP contribution >= 0.6 is 0 Å². The highest BCUT2D eigenvalue weighted by Crippen LogP contribution is 2.31. The number of nitrogens with one attached hydrogen (secondary N) is 1. The minimum atomic E-state index is -0.280. The predicted molar refractivity (Wildman–Crippen MR) is 94.7 cm³/mol. The van der Waals surface area contributed by atoms with E-state index in [1.165, 1.54) is 12.1 Å². The minimum Gasteiger partial charge on any atom is -0.321 e. The molecule has 25 heavy (non-hydrogen) atoms. The highest BCUT2D eigenvalue weighted by atomic mass is 19.1. The molecule has 1 N–H and O–H groups in total. The second kappa shape index (κ2) is 7.52. The predicted octanol–water partition coefficient (Wildman–Crippen LogP) is 2.44. The van der Waals surface area contributed by atoms with Gasteiger partial charge in [-0.05, 0) is 49.9 Å². The Hall–Kier alpha value is -1.95. The van der Waals surface area contributed by atoms with E-state index in [-0.39, 0.29) is 36.3 Å². The summed E-state index contributed by atoms with van der Waals surface area (Å²) in [5.41, 5.74) is 1.63. The molecule has 0 saturated carbocycles. The Morgan fingerprint density at radius 3 is 2.92 bits per heavy atom. The maximum atomic E-state index is 13.5.